The van der Waals surface area contributed by atoms with Crippen LogP contribution in [0.1, 0.15) is 25.8 Å². The van der Waals surface area contributed by atoms with Crippen molar-refractivity contribution in [3.8, 4) is 0 Å². The Labute approximate surface area is 120 Å². The molecule has 2 rings (SSSR count). The molecule has 0 radical (unpaired) electrons. The summed E-state index contributed by atoms with van der Waals surface area (Å²) in [6.45, 7) is 5.14. The van der Waals surface area contributed by atoms with Crippen LogP contribution in [0.4, 0.5) is 0 Å². The lowest BCUT2D eigenvalue weighted by Crippen LogP contribution is -2.51. The van der Waals surface area contributed by atoms with Crippen molar-refractivity contribution in [2.45, 2.75) is 43.9 Å². The average Bonchev–Trinajstić information content (AvgIpc) is 2.47. The Morgan fingerprint density at radius 2 is 2.00 bits per heavy atom. The maximum atomic E-state index is 12.7. The predicted octanol–water partition coefficient (Wildman–Crippen LogP) is 1.33. The molecule has 1 saturated heterocycles. The smallest absolute Gasteiger partial charge is 0.243 e. The lowest BCUT2D eigenvalue weighted by molar-refractivity contribution is -0.0230. The van der Waals surface area contributed by atoms with Crippen LogP contribution in [0.2, 0.25) is 0 Å². The molecule has 0 saturated carbocycles. The highest BCUT2D eigenvalue weighted by Crippen LogP contribution is 2.24. The first-order chi connectivity index (χ1) is 9.48. The first-order valence-electron chi connectivity index (χ1n) is 6.91. The quantitative estimate of drug-likeness (QED) is 0.910. The van der Waals surface area contributed by atoms with E-state index < -0.39 is 10.0 Å². The molecule has 1 aliphatic rings. The Morgan fingerprint density at radius 3 is 2.55 bits per heavy atom. The van der Waals surface area contributed by atoms with Crippen LogP contribution in [-0.2, 0) is 21.3 Å². The molecule has 0 bridgehead atoms. The van der Waals surface area contributed by atoms with Crippen molar-refractivity contribution in [3.63, 3.8) is 0 Å². The van der Waals surface area contributed by atoms with Crippen molar-refractivity contribution in [1.29, 1.82) is 0 Å². The number of nitrogens with two attached hydrogens (primary N) is 1. The summed E-state index contributed by atoms with van der Waals surface area (Å²) in [6.07, 6.45) is 0.670. The maximum Gasteiger partial charge on any atom is 0.243 e. The number of benzene rings is 1. The van der Waals surface area contributed by atoms with E-state index in [1.807, 2.05) is 13.8 Å². The first-order valence-corrected chi connectivity index (χ1v) is 8.35. The van der Waals surface area contributed by atoms with Crippen LogP contribution >= 0.6 is 0 Å². The van der Waals surface area contributed by atoms with Crippen molar-refractivity contribution in [1.82, 2.24) is 4.31 Å². The van der Waals surface area contributed by atoms with E-state index in [1.165, 1.54) is 0 Å². The average molecular weight is 298 g/mol. The van der Waals surface area contributed by atoms with E-state index in [0.29, 0.717) is 24.6 Å². The second-order valence-corrected chi connectivity index (χ2v) is 7.02. The van der Waals surface area contributed by atoms with Gasteiger partial charge in [0.1, 0.15) is 0 Å². The van der Waals surface area contributed by atoms with Crippen LogP contribution in [-0.4, -0.2) is 38.0 Å². The standard InChI is InChI=1S/C14H22N2O3S/c1-3-13-10-19-11(2)9-16(13)20(17,18)14-6-4-12(8-15)5-7-14/h4-7,11,13H,3,8-10,15H2,1-2H3. The molecule has 2 unspecified atom stereocenters. The number of nitrogens with zero attached hydrogens (tertiary/aromatic N) is 1. The molecule has 2 atom stereocenters. The van der Waals surface area contributed by atoms with Gasteiger partial charge in [-0.25, -0.2) is 8.42 Å². The van der Waals surface area contributed by atoms with E-state index in [1.54, 1.807) is 28.6 Å². The lowest BCUT2D eigenvalue weighted by atomic mass is 10.2. The fourth-order valence-electron chi connectivity index (χ4n) is 2.36. The number of hydrogen-bond acceptors (Lipinski definition) is 4. The van der Waals surface area contributed by atoms with Crippen LogP contribution < -0.4 is 5.73 Å². The van der Waals surface area contributed by atoms with Crippen molar-refractivity contribution in [2.24, 2.45) is 5.73 Å². The largest absolute Gasteiger partial charge is 0.375 e. The van der Waals surface area contributed by atoms with Gasteiger partial charge in [0.05, 0.1) is 17.6 Å². The minimum absolute atomic E-state index is 0.0732. The van der Waals surface area contributed by atoms with Gasteiger partial charge in [-0.3, -0.25) is 0 Å². The number of hydrogen-bond donors (Lipinski definition) is 1. The maximum absolute atomic E-state index is 12.7. The van der Waals surface area contributed by atoms with E-state index in [2.05, 4.69) is 0 Å². The van der Waals surface area contributed by atoms with Gasteiger partial charge in [-0.1, -0.05) is 19.1 Å². The van der Waals surface area contributed by atoms with Crippen molar-refractivity contribution in [3.05, 3.63) is 29.8 Å². The van der Waals surface area contributed by atoms with Crippen LogP contribution in [0.25, 0.3) is 0 Å². The molecular formula is C14H22N2O3S. The van der Waals surface area contributed by atoms with Gasteiger partial charge in [0.15, 0.2) is 0 Å². The SMILES string of the molecule is CCC1COC(C)CN1S(=O)(=O)c1ccc(CN)cc1. The summed E-state index contributed by atoms with van der Waals surface area (Å²) in [4.78, 5) is 0.322. The molecule has 1 aliphatic heterocycles. The highest BCUT2D eigenvalue weighted by Gasteiger charge is 2.35. The number of sulfonamides is 1. The van der Waals surface area contributed by atoms with Crippen LogP contribution in [0.3, 0.4) is 0 Å². The van der Waals surface area contributed by atoms with Gasteiger partial charge in [-0.2, -0.15) is 4.31 Å². The molecule has 112 valence electrons. The summed E-state index contributed by atoms with van der Waals surface area (Å²) in [5, 5.41) is 0. The van der Waals surface area contributed by atoms with Gasteiger partial charge >= 0.3 is 0 Å². The Bertz CT molecular complexity index is 542. The van der Waals surface area contributed by atoms with Crippen LogP contribution in [0.15, 0.2) is 29.2 Å². The van der Waals surface area contributed by atoms with Gasteiger partial charge in [0.2, 0.25) is 10.0 Å². The summed E-state index contributed by atoms with van der Waals surface area (Å²) < 4.78 is 32.6. The molecule has 2 N–H and O–H groups in total. The molecule has 6 heteroatoms. The third-order valence-electron chi connectivity index (χ3n) is 3.65. The topological polar surface area (TPSA) is 72.6 Å². The summed E-state index contributed by atoms with van der Waals surface area (Å²) >= 11 is 0. The van der Waals surface area contributed by atoms with E-state index in [4.69, 9.17) is 10.5 Å². The molecule has 1 aromatic carbocycles. The molecule has 20 heavy (non-hydrogen) atoms. The van der Waals surface area contributed by atoms with Gasteiger partial charge in [0.25, 0.3) is 0 Å². The minimum Gasteiger partial charge on any atom is -0.375 e. The Balaban J connectivity index is 2.31. The third kappa shape index (κ3) is 3.03. The molecule has 0 spiro atoms. The van der Waals surface area contributed by atoms with E-state index in [-0.39, 0.29) is 12.1 Å². The molecule has 1 aromatic rings. The molecular weight excluding hydrogens is 276 g/mol. The van der Waals surface area contributed by atoms with Crippen LogP contribution in [0, 0.1) is 0 Å². The van der Waals surface area contributed by atoms with E-state index in [9.17, 15) is 8.42 Å². The Kier molecular flexibility index (Phi) is 4.80. The molecule has 0 amide bonds. The van der Waals surface area contributed by atoms with Gasteiger partial charge < -0.3 is 10.5 Å². The molecule has 0 aromatic heterocycles. The fourth-order valence-corrected chi connectivity index (χ4v) is 4.12. The molecule has 1 fully saturated rings. The molecule has 1 heterocycles. The molecule has 0 aliphatic carbocycles. The van der Waals surface area contributed by atoms with E-state index >= 15 is 0 Å². The summed E-state index contributed by atoms with van der Waals surface area (Å²) in [5.74, 6) is 0. The van der Waals surface area contributed by atoms with Crippen molar-refractivity contribution in [2.75, 3.05) is 13.2 Å². The number of morpholine rings is 1. The Morgan fingerprint density at radius 1 is 1.35 bits per heavy atom. The second-order valence-electron chi connectivity index (χ2n) is 5.13. The number of rotatable bonds is 4. The molecule has 5 nitrogen and oxygen atoms in total. The predicted molar refractivity (Wildman–Crippen MR) is 77.7 cm³/mol. The zero-order chi connectivity index (χ0) is 14.8. The summed E-state index contributed by atoms with van der Waals surface area (Å²) in [6, 6.07) is 6.69. The van der Waals surface area contributed by atoms with Gasteiger partial charge in [-0.05, 0) is 31.0 Å². The summed E-state index contributed by atoms with van der Waals surface area (Å²) in [5.41, 5.74) is 6.46. The minimum atomic E-state index is -3.47. The lowest BCUT2D eigenvalue weighted by Gasteiger charge is -2.37. The second kappa shape index (κ2) is 6.22. The van der Waals surface area contributed by atoms with Gasteiger partial charge in [0, 0.05) is 19.1 Å². The first kappa shape index (κ1) is 15.4. The Hall–Kier alpha value is -0.950. The monoisotopic (exact) mass is 298 g/mol. The zero-order valence-electron chi connectivity index (χ0n) is 12.0. The van der Waals surface area contributed by atoms with Crippen molar-refractivity contribution >= 4 is 10.0 Å². The number of ether oxygens (including phenoxy) is 1. The highest BCUT2D eigenvalue weighted by atomic mass is 32.2. The van der Waals surface area contributed by atoms with Crippen LogP contribution in [0.5, 0.6) is 0 Å². The third-order valence-corrected chi connectivity index (χ3v) is 5.59. The highest BCUT2D eigenvalue weighted by molar-refractivity contribution is 7.89. The van der Waals surface area contributed by atoms with Crippen molar-refractivity contribution < 1.29 is 13.2 Å². The normalized spacial score (nSPS) is 24.8. The van der Waals surface area contributed by atoms with E-state index in [0.717, 1.165) is 12.0 Å². The fraction of sp³-hybridized carbons (Fsp3) is 0.571. The van der Waals surface area contributed by atoms with Gasteiger partial charge in [-0.15, -0.1) is 0 Å². The zero-order valence-corrected chi connectivity index (χ0v) is 12.8. The summed E-state index contributed by atoms with van der Waals surface area (Å²) in [7, 11) is -3.47.